The minimum Gasteiger partial charge on any atom is -0.448 e. The molecule has 22 heavy (non-hydrogen) atoms. The molecule has 2 heterocycles. The first-order valence-electron chi connectivity index (χ1n) is 7.55. The summed E-state index contributed by atoms with van der Waals surface area (Å²) in [5, 5.41) is -0.295. The lowest BCUT2D eigenvalue weighted by atomic mass is 9.97. The van der Waals surface area contributed by atoms with Gasteiger partial charge >= 0.3 is 0 Å². The maximum absolute atomic E-state index is 11.4. The highest BCUT2D eigenvalue weighted by molar-refractivity contribution is 6.22. The van der Waals surface area contributed by atoms with Gasteiger partial charge in [-0.2, -0.15) is 0 Å². The first-order chi connectivity index (χ1) is 10.6. The Morgan fingerprint density at radius 2 is 2.00 bits per heavy atom. The molecule has 4 nitrogen and oxygen atoms in total. The lowest BCUT2D eigenvalue weighted by molar-refractivity contribution is -0.129. The summed E-state index contributed by atoms with van der Waals surface area (Å²) in [6.45, 7) is 3.14. The van der Waals surface area contributed by atoms with Gasteiger partial charge < -0.3 is 9.32 Å². The van der Waals surface area contributed by atoms with Gasteiger partial charge in [0.25, 0.3) is 0 Å². The van der Waals surface area contributed by atoms with Crippen LogP contribution in [-0.2, 0) is 4.79 Å². The van der Waals surface area contributed by atoms with Gasteiger partial charge in [0.15, 0.2) is 5.89 Å². The first kappa shape index (κ1) is 15.1. The maximum atomic E-state index is 11.4. The van der Waals surface area contributed by atoms with Crippen molar-refractivity contribution in [3.8, 4) is 0 Å². The van der Waals surface area contributed by atoms with Gasteiger partial charge in [-0.3, -0.25) is 4.79 Å². The van der Waals surface area contributed by atoms with Gasteiger partial charge in [-0.1, -0.05) is 30.3 Å². The van der Waals surface area contributed by atoms with Crippen molar-refractivity contribution >= 4 is 17.5 Å². The molecule has 1 aromatic heterocycles. The number of amides is 1. The molecule has 0 radical (unpaired) electrons. The molecule has 0 spiro atoms. The number of nitrogens with zero attached hydrogens (tertiary/aromatic N) is 2. The Morgan fingerprint density at radius 1 is 1.32 bits per heavy atom. The van der Waals surface area contributed by atoms with Crippen LogP contribution in [0.3, 0.4) is 0 Å². The second-order valence-corrected chi connectivity index (χ2v) is 6.10. The van der Waals surface area contributed by atoms with Gasteiger partial charge in [0.2, 0.25) is 5.91 Å². The van der Waals surface area contributed by atoms with Crippen molar-refractivity contribution in [3.05, 3.63) is 53.7 Å². The molecule has 0 bridgehead atoms. The zero-order chi connectivity index (χ0) is 15.5. The molecule has 1 aromatic carbocycles. The average molecular weight is 319 g/mol. The molecule has 116 valence electrons. The van der Waals surface area contributed by atoms with Crippen LogP contribution in [0.1, 0.15) is 48.2 Å². The van der Waals surface area contributed by atoms with Gasteiger partial charge in [0, 0.05) is 25.9 Å². The Labute approximate surface area is 135 Å². The number of benzene rings is 1. The summed E-state index contributed by atoms with van der Waals surface area (Å²) in [5.41, 5.74) is 1.76. The van der Waals surface area contributed by atoms with Gasteiger partial charge in [-0.05, 0) is 18.4 Å². The van der Waals surface area contributed by atoms with E-state index >= 15 is 0 Å². The van der Waals surface area contributed by atoms with Crippen LogP contribution in [0.25, 0.3) is 0 Å². The highest BCUT2D eigenvalue weighted by atomic mass is 35.5. The normalized spacial score (nSPS) is 17.5. The van der Waals surface area contributed by atoms with E-state index in [1.807, 2.05) is 35.2 Å². The molecule has 1 saturated heterocycles. The van der Waals surface area contributed by atoms with Gasteiger partial charge in [-0.25, -0.2) is 4.98 Å². The number of likely N-dealkylation sites (tertiary alicyclic amines) is 1. The zero-order valence-electron chi connectivity index (χ0n) is 12.5. The molecule has 1 fully saturated rings. The molecule has 1 atom stereocenters. The van der Waals surface area contributed by atoms with E-state index in [-0.39, 0.29) is 17.2 Å². The standard InChI is InChI=1S/C17H19ClN2O2/c1-12(21)20-9-7-14(8-10-20)17-19-15(11-22-17)16(18)13-5-3-2-4-6-13/h2-6,11,14,16H,7-10H2,1H3. The van der Waals surface area contributed by atoms with E-state index in [1.54, 1.807) is 13.2 Å². The SMILES string of the molecule is CC(=O)N1CCC(c2nc(C(Cl)c3ccccc3)co2)CC1. The fourth-order valence-corrected chi connectivity index (χ4v) is 3.08. The van der Waals surface area contributed by atoms with Crippen molar-refractivity contribution in [3.63, 3.8) is 0 Å². The van der Waals surface area contributed by atoms with E-state index < -0.39 is 0 Å². The summed E-state index contributed by atoms with van der Waals surface area (Å²) in [5.74, 6) is 1.14. The third kappa shape index (κ3) is 3.17. The Kier molecular flexibility index (Phi) is 4.48. The van der Waals surface area contributed by atoms with Crippen molar-refractivity contribution in [2.75, 3.05) is 13.1 Å². The summed E-state index contributed by atoms with van der Waals surface area (Å²) >= 11 is 6.47. The van der Waals surface area contributed by atoms with E-state index in [4.69, 9.17) is 16.0 Å². The summed E-state index contributed by atoms with van der Waals surface area (Å²) in [7, 11) is 0. The molecule has 1 aliphatic heterocycles. The van der Waals surface area contributed by atoms with Crippen molar-refractivity contribution in [2.45, 2.75) is 31.1 Å². The second kappa shape index (κ2) is 6.53. The number of piperidine rings is 1. The van der Waals surface area contributed by atoms with Crippen LogP contribution in [0, 0.1) is 0 Å². The number of hydrogen-bond acceptors (Lipinski definition) is 3. The monoisotopic (exact) mass is 318 g/mol. The van der Waals surface area contributed by atoms with Crippen LogP contribution in [-0.4, -0.2) is 28.9 Å². The quantitative estimate of drug-likeness (QED) is 0.810. The number of alkyl halides is 1. The smallest absolute Gasteiger partial charge is 0.219 e. The summed E-state index contributed by atoms with van der Waals surface area (Å²) in [6.07, 6.45) is 3.42. The number of oxazole rings is 1. The lowest BCUT2D eigenvalue weighted by Gasteiger charge is -2.29. The van der Waals surface area contributed by atoms with E-state index in [2.05, 4.69) is 4.98 Å². The highest BCUT2D eigenvalue weighted by Gasteiger charge is 2.26. The van der Waals surface area contributed by atoms with Crippen molar-refractivity contribution in [1.82, 2.24) is 9.88 Å². The van der Waals surface area contributed by atoms with Gasteiger partial charge in [0.1, 0.15) is 17.3 Å². The van der Waals surface area contributed by atoms with E-state index in [0.717, 1.165) is 43.1 Å². The molecule has 1 amide bonds. The number of hydrogen-bond donors (Lipinski definition) is 0. The number of carbonyl (C=O) groups is 1. The summed E-state index contributed by atoms with van der Waals surface area (Å²) in [6, 6.07) is 9.85. The molecule has 1 aliphatic rings. The molecule has 0 saturated carbocycles. The van der Waals surface area contributed by atoms with Crippen LogP contribution in [0.4, 0.5) is 0 Å². The Morgan fingerprint density at radius 3 is 2.64 bits per heavy atom. The van der Waals surface area contributed by atoms with Crippen molar-refractivity contribution in [2.24, 2.45) is 0 Å². The molecule has 0 N–H and O–H groups in total. The second-order valence-electron chi connectivity index (χ2n) is 5.66. The summed E-state index contributed by atoms with van der Waals surface area (Å²) in [4.78, 5) is 17.8. The van der Waals surface area contributed by atoms with Crippen molar-refractivity contribution < 1.29 is 9.21 Å². The topological polar surface area (TPSA) is 46.3 Å². The van der Waals surface area contributed by atoms with Gasteiger partial charge in [0.05, 0.1) is 0 Å². The number of halogens is 1. The summed E-state index contributed by atoms with van der Waals surface area (Å²) < 4.78 is 5.64. The molecule has 2 aromatic rings. The minimum absolute atomic E-state index is 0.136. The average Bonchev–Trinajstić information content (AvgIpc) is 3.05. The zero-order valence-corrected chi connectivity index (χ0v) is 13.3. The predicted molar refractivity (Wildman–Crippen MR) is 84.9 cm³/mol. The fraction of sp³-hybridized carbons (Fsp3) is 0.412. The molecular formula is C17H19ClN2O2. The van der Waals surface area contributed by atoms with E-state index in [9.17, 15) is 4.79 Å². The van der Waals surface area contributed by atoms with Crippen LogP contribution in [0.5, 0.6) is 0 Å². The number of rotatable bonds is 3. The van der Waals surface area contributed by atoms with Gasteiger partial charge in [-0.15, -0.1) is 11.6 Å². The largest absolute Gasteiger partial charge is 0.448 e. The van der Waals surface area contributed by atoms with Crippen LogP contribution in [0.2, 0.25) is 0 Å². The van der Waals surface area contributed by atoms with Crippen LogP contribution in [0.15, 0.2) is 41.0 Å². The molecule has 0 aliphatic carbocycles. The number of carbonyl (C=O) groups excluding carboxylic acids is 1. The lowest BCUT2D eigenvalue weighted by Crippen LogP contribution is -2.36. The van der Waals surface area contributed by atoms with Crippen LogP contribution < -0.4 is 0 Å². The van der Waals surface area contributed by atoms with E-state index in [0.29, 0.717) is 0 Å². The fourth-order valence-electron chi connectivity index (χ4n) is 2.84. The molecule has 3 rings (SSSR count). The molecule has 5 heteroatoms. The third-order valence-electron chi connectivity index (χ3n) is 4.18. The first-order valence-corrected chi connectivity index (χ1v) is 7.98. The molecular weight excluding hydrogens is 300 g/mol. The third-order valence-corrected chi connectivity index (χ3v) is 4.66. The number of aromatic nitrogens is 1. The Balaban J connectivity index is 1.68. The minimum atomic E-state index is -0.295. The van der Waals surface area contributed by atoms with Crippen molar-refractivity contribution in [1.29, 1.82) is 0 Å². The van der Waals surface area contributed by atoms with E-state index in [1.165, 1.54) is 0 Å². The molecule has 1 unspecified atom stereocenters. The highest BCUT2D eigenvalue weighted by Crippen LogP contribution is 2.32. The maximum Gasteiger partial charge on any atom is 0.219 e. The Hall–Kier alpha value is -1.81. The van der Waals surface area contributed by atoms with Crippen LogP contribution >= 0.6 is 11.6 Å². The predicted octanol–water partition coefficient (Wildman–Crippen LogP) is 3.73. The Bertz CT molecular complexity index is 633.